The van der Waals surface area contributed by atoms with Crippen LogP contribution in [0.4, 0.5) is 22.0 Å². The number of hydrogen-bond acceptors (Lipinski definition) is 4. The first-order valence-corrected chi connectivity index (χ1v) is 13.2. The maximum absolute atomic E-state index is 14.6. The van der Waals surface area contributed by atoms with Crippen LogP contribution in [0.15, 0.2) is 61.1 Å². The summed E-state index contributed by atoms with van der Waals surface area (Å²) in [4.78, 5) is 20.5. The molecule has 4 aromatic rings. The molecule has 41 heavy (non-hydrogen) atoms. The van der Waals surface area contributed by atoms with E-state index >= 15 is 0 Å². The Hall–Kier alpha value is -4.08. The number of esters is 1. The zero-order valence-corrected chi connectivity index (χ0v) is 23.5. The van der Waals surface area contributed by atoms with Crippen molar-refractivity contribution in [1.82, 2.24) is 14.5 Å². The van der Waals surface area contributed by atoms with Gasteiger partial charge in [0.15, 0.2) is 23.3 Å². The highest BCUT2D eigenvalue weighted by molar-refractivity contribution is 5.87. The van der Waals surface area contributed by atoms with Crippen molar-refractivity contribution in [1.29, 1.82) is 0 Å². The number of carbonyl (C=O) groups is 1. The van der Waals surface area contributed by atoms with Crippen molar-refractivity contribution in [2.45, 2.75) is 52.9 Å². The Labute approximate surface area is 236 Å². The molecule has 0 aliphatic rings. The first-order valence-electron chi connectivity index (χ1n) is 13.2. The van der Waals surface area contributed by atoms with Crippen LogP contribution in [0.25, 0.3) is 17.1 Å². The predicted molar refractivity (Wildman–Crippen MR) is 146 cm³/mol. The Morgan fingerprint density at radius 2 is 1.44 bits per heavy atom. The largest absolute Gasteiger partial charge is 0.461 e. The number of halogens is 5. The summed E-state index contributed by atoms with van der Waals surface area (Å²) in [7, 11) is 0. The van der Waals surface area contributed by atoms with Gasteiger partial charge < -0.3 is 4.74 Å². The summed E-state index contributed by atoms with van der Waals surface area (Å²) < 4.78 is 77.0. The number of nitrogens with zero attached hydrogens (tertiary/aromatic N) is 3. The Morgan fingerprint density at radius 1 is 0.854 bits per heavy atom. The molecule has 0 bridgehead atoms. The molecule has 0 saturated carbocycles. The molecule has 0 spiro atoms. The molecule has 0 aliphatic carbocycles. The Kier molecular flexibility index (Phi) is 10.4. The van der Waals surface area contributed by atoms with Crippen LogP contribution in [-0.2, 0) is 10.2 Å². The van der Waals surface area contributed by atoms with Gasteiger partial charge in [-0.3, -0.25) is 4.57 Å². The molecule has 0 fully saturated rings. The van der Waals surface area contributed by atoms with Crippen LogP contribution in [0.1, 0.15) is 63.5 Å². The van der Waals surface area contributed by atoms with Gasteiger partial charge >= 0.3 is 5.97 Å². The summed E-state index contributed by atoms with van der Waals surface area (Å²) in [5.41, 5.74) is -0.586. The molecule has 0 amide bonds. The van der Waals surface area contributed by atoms with E-state index in [2.05, 4.69) is 23.8 Å². The minimum absolute atomic E-state index is 0.0236. The predicted octanol–water partition coefficient (Wildman–Crippen LogP) is 8.21. The van der Waals surface area contributed by atoms with Gasteiger partial charge in [-0.05, 0) is 29.0 Å². The number of hydrogen-bond donors (Lipinski definition) is 0. The number of aromatic nitrogens is 3. The van der Waals surface area contributed by atoms with Gasteiger partial charge in [0.05, 0.1) is 6.61 Å². The second kappa shape index (κ2) is 13.5. The Bertz CT molecular complexity index is 1460. The topological polar surface area (TPSA) is 57.0 Å². The maximum Gasteiger partial charge on any atom is 0.356 e. The molecule has 2 aromatic heterocycles. The molecule has 2 heterocycles. The summed E-state index contributed by atoms with van der Waals surface area (Å²) in [6.45, 7) is 10.0. The highest BCUT2D eigenvalue weighted by Gasteiger charge is 2.34. The highest BCUT2D eigenvalue weighted by atomic mass is 19.2. The average molecular weight is 574 g/mol. The molecule has 2 aromatic carbocycles. The van der Waals surface area contributed by atoms with Crippen LogP contribution in [-0.4, -0.2) is 27.1 Å². The quantitative estimate of drug-likeness (QED) is 0.0923. The lowest BCUT2D eigenvalue weighted by Gasteiger charge is -2.33. The zero-order valence-electron chi connectivity index (χ0n) is 23.5. The maximum atomic E-state index is 14.6. The van der Waals surface area contributed by atoms with E-state index in [4.69, 9.17) is 4.74 Å². The number of pyridine rings is 1. The van der Waals surface area contributed by atoms with Gasteiger partial charge in [0, 0.05) is 24.2 Å². The molecule has 0 N–H and O–H groups in total. The van der Waals surface area contributed by atoms with Crippen molar-refractivity contribution in [3.63, 3.8) is 0 Å². The fourth-order valence-electron chi connectivity index (χ4n) is 3.96. The number of imidazole rings is 1. The lowest BCUT2D eigenvalue weighted by molar-refractivity contribution is 0.0393. The summed E-state index contributed by atoms with van der Waals surface area (Å²) in [5, 5.41) is 0. The van der Waals surface area contributed by atoms with Crippen LogP contribution in [0.5, 0.6) is 0 Å². The van der Waals surface area contributed by atoms with E-state index in [1.165, 1.54) is 31.3 Å². The van der Waals surface area contributed by atoms with Gasteiger partial charge in [-0.25, -0.2) is 36.7 Å². The van der Waals surface area contributed by atoms with E-state index in [0.717, 1.165) is 10.8 Å². The van der Waals surface area contributed by atoms with Gasteiger partial charge in [0.25, 0.3) is 0 Å². The lowest BCUT2D eigenvalue weighted by Crippen LogP contribution is -2.31. The van der Waals surface area contributed by atoms with Gasteiger partial charge in [-0.2, -0.15) is 0 Å². The molecule has 10 heteroatoms. The average Bonchev–Trinajstić information content (AvgIpc) is 3.47. The van der Waals surface area contributed by atoms with Crippen molar-refractivity contribution in [3.8, 4) is 17.1 Å². The van der Waals surface area contributed by atoms with Crippen molar-refractivity contribution in [2.75, 3.05) is 6.61 Å². The third-order valence-electron chi connectivity index (χ3n) is 7.00. The normalized spacial score (nSPS) is 12.0. The molecule has 0 saturated heterocycles. The van der Waals surface area contributed by atoms with Gasteiger partial charge in [0.1, 0.15) is 17.2 Å². The third kappa shape index (κ3) is 6.64. The smallest absolute Gasteiger partial charge is 0.356 e. The van der Waals surface area contributed by atoms with Crippen LogP contribution < -0.4 is 0 Å². The molecule has 0 aliphatic heterocycles. The Morgan fingerprint density at radius 3 is 2.02 bits per heavy atom. The number of unbranched alkanes of at least 4 members (excludes halogenated alkanes) is 1. The van der Waals surface area contributed by atoms with Crippen LogP contribution in [0.2, 0.25) is 0 Å². The standard InChI is InChI=1S/C27H22F5N3O2.C4H10/c1-15(14-37-26(36)18-10-6-7-11-33-18)27(2,3)17-9-5-4-8-16(17)25-34-12-13-35(25)24-22(31)20(29)19(28)21(30)23(24)32;1-3-4-2/h4-13,15H,14H2,1-3H3;3-4H2,1-2H3/t15-;/m0./s1. The van der Waals surface area contributed by atoms with Crippen molar-refractivity contribution in [2.24, 2.45) is 5.92 Å². The molecule has 1 atom stereocenters. The highest BCUT2D eigenvalue weighted by Crippen LogP contribution is 2.39. The van der Waals surface area contributed by atoms with E-state index in [0.29, 0.717) is 11.1 Å². The lowest BCUT2D eigenvalue weighted by atomic mass is 9.72. The van der Waals surface area contributed by atoms with E-state index in [1.54, 1.807) is 36.4 Å². The van der Waals surface area contributed by atoms with E-state index in [-0.39, 0.29) is 24.0 Å². The zero-order chi connectivity index (χ0) is 30.3. The van der Waals surface area contributed by atoms with E-state index in [1.807, 2.05) is 20.8 Å². The second-order valence-corrected chi connectivity index (χ2v) is 10.0. The number of carbonyl (C=O) groups excluding carboxylic acids is 1. The molecule has 0 unspecified atom stereocenters. The van der Waals surface area contributed by atoms with Crippen LogP contribution in [0, 0.1) is 35.0 Å². The molecule has 5 nitrogen and oxygen atoms in total. The minimum atomic E-state index is -2.24. The molecular formula is C31H32F5N3O2. The fraction of sp³-hybridized carbons (Fsp3) is 0.323. The summed E-state index contributed by atoms with van der Waals surface area (Å²) in [6, 6.07) is 11.7. The summed E-state index contributed by atoms with van der Waals surface area (Å²) >= 11 is 0. The van der Waals surface area contributed by atoms with Gasteiger partial charge in [0.2, 0.25) is 5.82 Å². The second-order valence-electron chi connectivity index (χ2n) is 10.0. The van der Waals surface area contributed by atoms with Crippen molar-refractivity contribution >= 4 is 5.97 Å². The number of ether oxygens (including phenoxy) is 1. The summed E-state index contributed by atoms with van der Waals surface area (Å²) in [5.74, 6) is -11.2. The molecule has 218 valence electrons. The molecular weight excluding hydrogens is 541 g/mol. The van der Waals surface area contributed by atoms with Crippen LogP contribution in [0.3, 0.4) is 0 Å². The fourth-order valence-corrected chi connectivity index (χ4v) is 3.96. The van der Waals surface area contributed by atoms with Gasteiger partial charge in [-0.15, -0.1) is 0 Å². The minimum Gasteiger partial charge on any atom is -0.461 e. The molecule has 0 radical (unpaired) electrons. The SMILES string of the molecule is CCCC.C[C@@H](COC(=O)c1ccccn1)C(C)(C)c1ccccc1-c1nccn1-c1c(F)c(F)c(F)c(F)c1F. The monoisotopic (exact) mass is 573 g/mol. The van der Waals surface area contributed by atoms with Crippen LogP contribution >= 0.6 is 0 Å². The first kappa shape index (κ1) is 31.4. The van der Waals surface area contributed by atoms with Crippen molar-refractivity contribution in [3.05, 3.63) is 101 Å². The van der Waals surface area contributed by atoms with Gasteiger partial charge in [-0.1, -0.05) is 77.8 Å². The van der Waals surface area contributed by atoms with Crippen molar-refractivity contribution < 1.29 is 31.5 Å². The summed E-state index contributed by atoms with van der Waals surface area (Å²) in [6.07, 6.45) is 6.44. The number of rotatable bonds is 8. The number of benzene rings is 2. The van der Waals surface area contributed by atoms with E-state index in [9.17, 15) is 26.7 Å². The third-order valence-corrected chi connectivity index (χ3v) is 7.00. The van der Waals surface area contributed by atoms with E-state index < -0.39 is 46.2 Å². The first-order chi connectivity index (χ1) is 19.5. The Balaban J connectivity index is 0.00000108. The molecule has 4 rings (SSSR count).